The molecular formula is C24H18N4O2. The molecule has 0 N–H and O–H groups in total. The van der Waals surface area contributed by atoms with Gasteiger partial charge < -0.3 is 0 Å². The lowest BCUT2D eigenvalue weighted by molar-refractivity contribution is 0.0870. The van der Waals surface area contributed by atoms with Crippen LogP contribution >= 0.6 is 0 Å². The summed E-state index contributed by atoms with van der Waals surface area (Å²) < 4.78 is 1.70. The smallest absolute Gasteiger partial charge is 0.264 e. The number of aliphatic imine (C=N–C) groups is 1. The van der Waals surface area contributed by atoms with E-state index in [9.17, 15) is 9.59 Å². The van der Waals surface area contributed by atoms with Crippen molar-refractivity contribution in [2.24, 2.45) is 4.99 Å². The Bertz CT molecular complexity index is 1680. The van der Waals surface area contributed by atoms with E-state index in [1.54, 1.807) is 35.5 Å². The fourth-order valence-electron chi connectivity index (χ4n) is 4.79. The SMILES string of the molecule is CN=C1c2ccc3c4c2c(ccc4c(=O)n2c4cc(C)c(C)cc4nc32)C(=O)N1C. The quantitative estimate of drug-likeness (QED) is 0.402. The molecule has 0 saturated heterocycles. The topological polar surface area (TPSA) is 67.0 Å². The number of carbonyl (C=O) groups excluding carboxylic acids is 1. The Labute approximate surface area is 171 Å². The molecule has 0 spiro atoms. The van der Waals surface area contributed by atoms with Gasteiger partial charge in [0.25, 0.3) is 11.5 Å². The zero-order chi connectivity index (χ0) is 20.9. The highest BCUT2D eigenvalue weighted by molar-refractivity contribution is 6.32. The van der Waals surface area contributed by atoms with Crippen LogP contribution in [0.4, 0.5) is 0 Å². The average Bonchev–Trinajstić information content (AvgIpc) is 3.10. The summed E-state index contributed by atoms with van der Waals surface area (Å²) in [7, 11) is 3.40. The van der Waals surface area contributed by atoms with Gasteiger partial charge in [0, 0.05) is 46.8 Å². The number of aromatic nitrogens is 2. The second-order valence-corrected chi connectivity index (χ2v) is 7.98. The zero-order valence-corrected chi connectivity index (χ0v) is 17.1. The molecule has 0 atom stereocenters. The van der Waals surface area contributed by atoms with Gasteiger partial charge in [0.1, 0.15) is 11.5 Å². The predicted molar refractivity (Wildman–Crippen MR) is 119 cm³/mol. The van der Waals surface area contributed by atoms with Crippen LogP contribution in [0.2, 0.25) is 0 Å². The average molecular weight is 394 g/mol. The van der Waals surface area contributed by atoms with Crippen LogP contribution in [0.25, 0.3) is 38.2 Å². The van der Waals surface area contributed by atoms with Crippen molar-refractivity contribution in [1.29, 1.82) is 0 Å². The summed E-state index contributed by atoms with van der Waals surface area (Å²) in [5.41, 5.74) is 5.81. The molecule has 0 saturated carbocycles. The van der Waals surface area contributed by atoms with Crippen LogP contribution in [-0.2, 0) is 0 Å². The van der Waals surface area contributed by atoms with Crippen molar-refractivity contribution in [1.82, 2.24) is 14.3 Å². The van der Waals surface area contributed by atoms with Gasteiger partial charge in [-0.1, -0.05) is 0 Å². The first kappa shape index (κ1) is 17.1. The van der Waals surface area contributed by atoms with Gasteiger partial charge in [-0.3, -0.25) is 23.9 Å². The minimum absolute atomic E-state index is 0.117. The van der Waals surface area contributed by atoms with Gasteiger partial charge in [-0.05, 0) is 61.4 Å². The maximum atomic E-state index is 13.6. The lowest BCUT2D eigenvalue weighted by Crippen LogP contribution is -2.37. The normalized spacial score (nSPS) is 15.5. The van der Waals surface area contributed by atoms with E-state index in [0.29, 0.717) is 22.4 Å². The van der Waals surface area contributed by atoms with Gasteiger partial charge in [-0.2, -0.15) is 0 Å². The van der Waals surface area contributed by atoms with Crippen molar-refractivity contribution >= 4 is 50.0 Å². The number of carbonyl (C=O) groups is 1. The Morgan fingerprint density at radius 3 is 2.37 bits per heavy atom. The second kappa shape index (κ2) is 5.42. The number of amides is 1. The number of rotatable bonds is 0. The van der Waals surface area contributed by atoms with E-state index in [2.05, 4.69) is 4.99 Å². The molecule has 146 valence electrons. The lowest BCUT2D eigenvalue weighted by atomic mass is 9.90. The van der Waals surface area contributed by atoms with Crippen LogP contribution in [0.15, 0.2) is 46.2 Å². The van der Waals surface area contributed by atoms with Crippen molar-refractivity contribution in [2.45, 2.75) is 13.8 Å². The number of pyridine rings is 1. The highest BCUT2D eigenvalue weighted by Gasteiger charge is 2.30. The van der Waals surface area contributed by atoms with E-state index < -0.39 is 0 Å². The third-order valence-electron chi connectivity index (χ3n) is 6.41. The van der Waals surface area contributed by atoms with Crippen LogP contribution in [0.5, 0.6) is 0 Å². The standard InChI is InChI=1S/C24H18N4O2/c1-11-9-17-18(10-12(11)2)28-22(26-17)14-6-5-13-19-15(23(29)27(4)21(13)25-3)7-8-16(20(14)19)24(28)30/h5-10H,1-4H3. The Morgan fingerprint density at radius 2 is 1.60 bits per heavy atom. The maximum Gasteiger partial charge on any atom is 0.264 e. The number of nitrogens with zero attached hydrogens (tertiary/aromatic N) is 4. The largest absolute Gasteiger partial charge is 0.296 e. The van der Waals surface area contributed by atoms with E-state index in [0.717, 1.165) is 43.9 Å². The summed E-state index contributed by atoms with van der Waals surface area (Å²) >= 11 is 0. The summed E-state index contributed by atoms with van der Waals surface area (Å²) in [6, 6.07) is 11.5. The first-order chi connectivity index (χ1) is 14.4. The van der Waals surface area contributed by atoms with Crippen molar-refractivity contribution in [3.05, 3.63) is 69.0 Å². The molecule has 1 aliphatic heterocycles. The molecule has 6 rings (SSSR count). The number of hydrogen-bond acceptors (Lipinski definition) is 4. The molecule has 3 aromatic carbocycles. The monoisotopic (exact) mass is 394 g/mol. The summed E-state index contributed by atoms with van der Waals surface area (Å²) in [5.74, 6) is 0.485. The predicted octanol–water partition coefficient (Wildman–Crippen LogP) is 3.67. The molecule has 0 fully saturated rings. The van der Waals surface area contributed by atoms with Crippen LogP contribution in [0.1, 0.15) is 27.0 Å². The van der Waals surface area contributed by atoms with Gasteiger partial charge in [-0.25, -0.2) is 4.98 Å². The van der Waals surface area contributed by atoms with Crippen molar-refractivity contribution in [3.8, 4) is 0 Å². The summed E-state index contributed by atoms with van der Waals surface area (Å²) in [4.78, 5) is 37.3. The van der Waals surface area contributed by atoms with E-state index >= 15 is 0 Å². The molecule has 0 radical (unpaired) electrons. The van der Waals surface area contributed by atoms with E-state index in [1.807, 2.05) is 38.1 Å². The third-order valence-corrected chi connectivity index (χ3v) is 6.41. The van der Waals surface area contributed by atoms with Gasteiger partial charge in [-0.15, -0.1) is 0 Å². The van der Waals surface area contributed by atoms with E-state index in [1.165, 1.54) is 0 Å². The Hall–Kier alpha value is -3.80. The summed E-state index contributed by atoms with van der Waals surface area (Å²) in [6.45, 7) is 4.08. The molecule has 0 unspecified atom stereocenters. The Morgan fingerprint density at radius 1 is 0.900 bits per heavy atom. The number of benzene rings is 3. The molecule has 1 aliphatic rings. The van der Waals surface area contributed by atoms with Crippen LogP contribution in [-0.4, -0.2) is 40.1 Å². The zero-order valence-electron chi connectivity index (χ0n) is 17.1. The summed E-state index contributed by atoms with van der Waals surface area (Å²) in [5, 5.41) is 3.02. The van der Waals surface area contributed by atoms with E-state index in [-0.39, 0.29) is 11.5 Å². The Balaban J connectivity index is 1.92. The number of hydrogen-bond donors (Lipinski definition) is 0. The molecule has 6 nitrogen and oxygen atoms in total. The molecule has 1 amide bonds. The Kier molecular flexibility index (Phi) is 3.09. The molecule has 0 aliphatic carbocycles. The minimum atomic E-state index is -0.121. The number of amidine groups is 1. The molecular weight excluding hydrogens is 376 g/mol. The van der Waals surface area contributed by atoms with Crippen LogP contribution in [0, 0.1) is 13.8 Å². The molecule has 2 aromatic heterocycles. The van der Waals surface area contributed by atoms with Crippen molar-refractivity contribution < 1.29 is 4.79 Å². The van der Waals surface area contributed by atoms with Gasteiger partial charge >= 0.3 is 0 Å². The fourth-order valence-corrected chi connectivity index (χ4v) is 4.79. The number of imidazole rings is 1. The first-order valence-corrected chi connectivity index (χ1v) is 9.82. The minimum Gasteiger partial charge on any atom is -0.296 e. The van der Waals surface area contributed by atoms with Gasteiger partial charge in [0.2, 0.25) is 0 Å². The fraction of sp³-hybridized carbons (Fsp3) is 0.167. The van der Waals surface area contributed by atoms with Crippen molar-refractivity contribution in [3.63, 3.8) is 0 Å². The molecule has 5 aromatic rings. The van der Waals surface area contributed by atoms with E-state index in [4.69, 9.17) is 4.98 Å². The lowest BCUT2D eigenvalue weighted by Gasteiger charge is -2.27. The third kappa shape index (κ3) is 1.84. The highest BCUT2D eigenvalue weighted by atomic mass is 16.2. The van der Waals surface area contributed by atoms with Gasteiger partial charge in [0.05, 0.1) is 11.0 Å². The maximum absolute atomic E-state index is 13.6. The molecule has 6 heteroatoms. The second-order valence-electron chi connectivity index (χ2n) is 7.98. The molecule has 30 heavy (non-hydrogen) atoms. The first-order valence-electron chi connectivity index (χ1n) is 9.82. The van der Waals surface area contributed by atoms with Crippen molar-refractivity contribution in [2.75, 3.05) is 14.1 Å². The van der Waals surface area contributed by atoms with Gasteiger partial charge in [0.15, 0.2) is 0 Å². The number of fused-ring (bicyclic) bond motifs is 4. The van der Waals surface area contributed by atoms with Crippen LogP contribution in [0.3, 0.4) is 0 Å². The number of aryl methyl sites for hydroxylation is 2. The van der Waals surface area contributed by atoms with Crippen LogP contribution < -0.4 is 5.56 Å². The molecule has 3 heterocycles. The highest BCUT2D eigenvalue weighted by Crippen LogP contribution is 2.37. The summed E-state index contributed by atoms with van der Waals surface area (Å²) in [6.07, 6.45) is 0. The molecule has 0 bridgehead atoms.